The number of pyridine rings is 1. The van der Waals surface area contributed by atoms with Crippen LogP contribution in [0.5, 0.6) is 0 Å². The van der Waals surface area contributed by atoms with Crippen LogP contribution in [0.4, 0.5) is 18.9 Å². The SMILES string of the molecule is O=C(Nc1cccnc1Cl)c1scnc1C(F)(F)F. The molecule has 0 fully saturated rings. The molecule has 4 nitrogen and oxygen atoms in total. The number of halogens is 4. The van der Waals surface area contributed by atoms with Crippen molar-refractivity contribution < 1.29 is 18.0 Å². The summed E-state index contributed by atoms with van der Waals surface area (Å²) in [5.41, 5.74) is -0.117. The summed E-state index contributed by atoms with van der Waals surface area (Å²) in [6, 6.07) is 2.93. The molecule has 0 saturated carbocycles. The highest BCUT2D eigenvalue weighted by molar-refractivity contribution is 7.12. The second-order valence-corrected chi connectivity index (χ2v) is 4.54. The van der Waals surface area contributed by atoms with Gasteiger partial charge in [0.25, 0.3) is 5.91 Å². The predicted octanol–water partition coefficient (Wildman–Crippen LogP) is 3.46. The second kappa shape index (κ2) is 5.14. The number of nitrogens with one attached hydrogen (secondary N) is 1. The number of rotatable bonds is 2. The van der Waals surface area contributed by atoms with Gasteiger partial charge in [0, 0.05) is 6.20 Å². The summed E-state index contributed by atoms with van der Waals surface area (Å²) in [5.74, 6) is -0.926. The standard InChI is InChI=1S/C10H5ClF3N3OS/c11-8-5(2-1-3-15-8)17-9(18)6-7(10(12,13)14)16-4-19-6/h1-4H,(H,17,18). The van der Waals surface area contributed by atoms with E-state index in [9.17, 15) is 18.0 Å². The molecule has 2 heterocycles. The molecule has 0 radical (unpaired) electrons. The van der Waals surface area contributed by atoms with Gasteiger partial charge in [-0.15, -0.1) is 11.3 Å². The Bertz CT molecular complexity index is 614. The lowest BCUT2D eigenvalue weighted by Crippen LogP contribution is -2.17. The number of carbonyl (C=O) groups is 1. The van der Waals surface area contributed by atoms with Crippen LogP contribution in [0.2, 0.25) is 5.15 Å². The van der Waals surface area contributed by atoms with E-state index in [0.29, 0.717) is 11.3 Å². The first-order chi connectivity index (χ1) is 8.89. The Kier molecular flexibility index (Phi) is 3.72. The first kappa shape index (κ1) is 13.8. The van der Waals surface area contributed by atoms with Crippen LogP contribution in [0, 0.1) is 0 Å². The fraction of sp³-hybridized carbons (Fsp3) is 0.100. The third-order valence-corrected chi connectivity index (χ3v) is 3.18. The predicted molar refractivity (Wildman–Crippen MR) is 64.3 cm³/mol. The van der Waals surface area contributed by atoms with Crippen molar-refractivity contribution in [3.05, 3.63) is 39.6 Å². The lowest BCUT2D eigenvalue weighted by atomic mass is 10.3. The number of anilines is 1. The van der Waals surface area contributed by atoms with Crippen molar-refractivity contribution in [2.45, 2.75) is 6.18 Å². The van der Waals surface area contributed by atoms with Gasteiger partial charge in [-0.05, 0) is 12.1 Å². The fourth-order valence-electron chi connectivity index (χ4n) is 1.27. The molecule has 2 rings (SSSR count). The van der Waals surface area contributed by atoms with Gasteiger partial charge in [0.05, 0.1) is 11.2 Å². The monoisotopic (exact) mass is 307 g/mol. The van der Waals surface area contributed by atoms with Gasteiger partial charge in [-0.1, -0.05) is 11.6 Å². The maximum Gasteiger partial charge on any atom is 0.434 e. The molecular weight excluding hydrogens is 303 g/mol. The largest absolute Gasteiger partial charge is 0.434 e. The summed E-state index contributed by atoms with van der Waals surface area (Å²) in [5, 5.41) is 2.26. The molecule has 2 aromatic rings. The van der Waals surface area contributed by atoms with Gasteiger partial charge in [-0.2, -0.15) is 13.2 Å². The number of hydrogen-bond acceptors (Lipinski definition) is 4. The van der Waals surface area contributed by atoms with Gasteiger partial charge < -0.3 is 5.32 Å². The number of hydrogen-bond donors (Lipinski definition) is 1. The third-order valence-electron chi connectivity index (χ3n) is 2.05. The van der Waals surface area contributed by atoms with Crippen LogP contribution in [-0.4, -0.2) is 15.9 Å². The van der Waals surface area contributed by atoms with Crippen molar-refractivity contribution in [2.75, 3.05) is 5.32 Å². The molecule has 0 unspecified atom stereocenters. The Morgan fingerprint density at radius 3 is 2.74 bits per heavy atom. The molecule has 0 aliphatic rings. The molecular formula is C10H5ClF3N3OS. The molecule has 0 spiro atoms. The molecule has 0 bridgehead atoms. The first-order valence-electron chi connectivity index (χ1n) is 4.82. The number of nitrogens with zero attached hydrogens (tertiary/aromatic N) is 2. The van der Waals surface area contributed by atoms with E-state index in [1.54, 1.807) is 0 Å². The third kappa shape index (κ3) is 3.02. The van der Waals surface area contributed by atoms with Crippen LogP contribution in [0.15, 0.2) is 23.8 Å². The lowest BCUT2D eigenvalue weighted by molar-refractivity contribution is -0.141. The summed E-state index contributed by atoms with van der Waals surface area (Å²) in [6.45, 7) is 0. The fourth-order valence-corrected chi connectivity index (χ4v) is 2.14. The van der Waals surface area contributed by atoms with Crippen molar-refractivity contribution in [3.8, 4) is 0 Å². The van der Waals surface area contributed by atoms with E-state index in [4.69, 9.17) is 11.6 Å². The number of thiazole rings is 1. The molecule has 0 aliphatic heterocycles. The molecule has 1 N–H and O–H groups in total. The van der Waals surface area contributed by atoms with Crippen molar-refractivity contribution in [2.24, 2.45) is 0 Å². The van der Waals surface area contributed by atoms with Gasteiger partial charge in [0.1, 0.15) is 4.88 Å². The van der Waals surface area contributed by atoms with Gasteiger partial charge in [-0.3, -0.25) is 4.79 Å². The van der Waals surface area contributed by atoms with Crippen LogP contribution in [-0.2, 0) is 6.18 Å². The quantitative estimate of drug-likeness (QED) is 0.864. The molecule has 0 aliphatic carbocycles. The van der Waals surface area contributed by atoms with Crippen LogP contribution in [0.25, 0.3) is 0 Å². The minimum Gasteiger partial charge on any atom is -0.319 e. The van der Waals surface area contributed by atoms with E-state index in [0.717, 1.165) is 5.51 Å². The highest BCUT2D eigenvalue weighted by atomic mass is 35.5. The average Bonchev–Trinajstić information content (AvgIpc) is 2.81. The van der Waals surface area contributed by atoms with Crippen LogP contribution < -0.4 is 5.32 Å². The van der Waals surface area contributed by atoms with Crippen molar-refractivity contribution in [3.63, 3.8) is 0 Å². The molecule has 100 valence electrons. The first-order valence-corrected chi connectivity index (χ1v) is 6.08. The van der Waals surface area contributed by atoms with Crippen LogP contribution >= 0.6 is 22.9 Å². The summed E-state index contributed by atoms with van der Waals surface area (Å²) in [4.78, 5) is 18.1. The smallest absolute Gasteiger partial charge is 0.319 e. The summed E-state index contributed by atoms with van der Waals surface area (Å²) >= 11 is 6.30. The number of alkyl halides is 3. The van der Waals surface area contributed by atoms with Gasteiger partial charge in [0.15, 0.2) is 10.8 Å². The molecule has 2 aromatic heterocycles. The van der Waals surface area contributed by atoms with E-state index in [2.05, 4.69) is 15.3 Å². The minimum atomic E-state index is -4.68. The highest BCUT2D eigenvalue weighted by Crippen LogP contribution is 2.33. The molecule has 0 saturated heterocycles. The minimum absolute atomic E-state index is 0.00563. The zero-order chi connectivity index (χ0) is 14.0. The lowest BCUT2D eigenvalue weighted by Gasteiger charge is -2.07. The average molecular weight is 308 g/mol. The molecule has 1 amide bonds. The Balaban J connectivity index is 2.27. The maximum absolute atomic E-state index is 12.6. The molecule has 0 atom stereocenters. The zero-order valence-corrected chi connectivity index (χ0v) is 10.6. The molecule has 19 heavy (non-hydrogen) atoms. The number of amides is 1. The second-order valence-electron chi connectivity index (χ2n) is 3.32. The number of aromatic nitrogens is 2. The normalized spacial score (nSPS) is 11.4. The van der Waals surface area contributed by atoms with Crippen molar-refractivity contribution in [1.29, 1.82) is 0 Å². The Morgan fingerprint density at radius 2 is 2.11 bits per heavy atom. The van der Waals surface area contributed by atoms with Gasteiger partial charge in [-0.25, -0.2) is 9.97 Å². The van der Waals surface area contributed by atoms with Gasteiger partial charge in [0.2, 0.25) is 0 Å². The molecule has 0 aromatic carbocycles. The van der Waals surface area contributed by atoms with E-state index in [-0.39, 0.29) is 10.8 Å². The Labute approximate surface area is 114 Å². The van der Waals surface area contributed by atoms with E-state index >= 15 is 0 Å². The van der Waals surface area contributed by atoms with Crippen molar-refractivity contribution in [1.82, 2.24) is 9.97 Å². The Hall–Kier alpha value is -1.67. The van der Waals surface area contributed by atoms with Gasteiger partial charge >= 0.3 is 6.18 Å². The van der Waals surface area contributed by atoms with Crippen LogP contribution in [0.1, 0.15) is 15.4 Å². The van der Waals surface area contributed by atoms with Crippen molar-refractivity contribution >= 4 is 34.5 Å². The maximum atomic E-state index is 12.6. The number of carbonyl (C=O) groups excluding carboxylic acids is 1. The topological polar surface area (TPSA) is 54.9 Å². The van der Waals surface area contributed by atoms with E-state index < -0.39 is 22.7 Å². The van der Waals surface area contributed by atoms with E-state index in [1.807, 2.05) is 0 Å². The molecule has 9 heteroatoms. The van der Waals surface area contributed by atoms with E-state index in [1.165, 1.54) is 18.3 Å². The summed E-state index contributed by atoms with van der Waals surface area (Å²) in [7, 11) is 0. The Morgan fingerprint density at radius 1 is 1.37 bits per heavy atom. The zero-order valence-electron chi connectivity index (χ0n) is 9.03. The summed E-state index contributed by atoms with van der Waals surface area (Å²) in [6.07, 6.45) is -3.28. The van der Waals surface area contributed by atoms with Crippen LogP contribution in [0.3, 0.4) is 0 Å². The summed E-state index contributed by atoms with van der Waals surface area (Å²) < 4.78 is 37.8. The highest BCUT2D eigenvalue weighted by Gasteiger charge is 2.38.